The van der Waals surface area contributed by atoms with Crippen LogP contribution >= 0.6 is 0 Å². The second-order valence-electron chi connectivity index (χ2n) is 3.87. The van der Waals surface area contributed by atoms with E-state index in [1.54, 1.807) is 0 Å². The smallest absolute Gasteiger partial charge is 0.252 e. The summed E-state index contributed by atoms with van der Waals surface area (Å²) in [5.41, 5.74) is 0. The maximum absolute atomic E-state index is 11.8. The van der Waals surface area contributed by atoms with Crippen LogP contribution < -0.4 is 10.6 Å². The third-order valence-electron chi connectivity index (χ3n) is 2.64. The predicted molar refractivity (Wildman–Crippen MR) is 55.9 cm³/mol. The van der Waals surface area contributed by atoms with Crippen LogP contribution in [0.3, 0.4) is 0 Å². The van der Waals surface area contributed by atoms with Crippen LogP contribution in [-0.2, 0) is 9.53 Å². The van der Waals surface area contributed by atoms with Crippen LogP contribution in [0.1, 0.15) is 0 Å². The Morgan fingerprint density at radius 1 is 1.28 bits per heavy atom. The minimum atomic E-state index is -1.47. The van der Waals surface area contributed by atoms with E-state index in [1.165, 1.54) is 0 Å². The van der Waals surface area contributed by atoms with E-state index in [-0.39, 0.29) is 6.67 Å². The second-order valence-corrected chi connectivity index (χ2v) is 3.87. The number of hydrogen-bond donors (Lipinski definition) is 6. The zero-order valence-electron chi connectivity index (χ0n) is 9.49. The molecule has 1 aliphatic rings. The Bertz CT molecular complexity index is 282. The van der Waals surface area contributed by atoms with Crippen molar-refractivity contribution < 1.29 is 34.3 Å². The van der Waals surface area contributed by atoms with Gasteiger partial charge in [0.25, 0.3) is 5.91 Å². The third kappa shape index (κ3) is 3.57. The molecule has 0 radical (unpaired) electrons. The molecule has 18 heavy (non-hydrogen) atoms. The number of amides is 1. The van der Waals surface area contributed by atoms with Gasteiger partial charge in [0.15, 0.2) is 13.0 Å². The zero-order valence-corrected chi connectivity index (χ0v) is 9.49. The summed E-state index contributed by atoms with van der Waals surface area (Å²) < 4.78 is 16.7. The summed E-state index contributed by atoms with van der Waals surface area (Å²) in [5, 5.41) is 42.2. The number of aliphatic hydroxyl groups is 4. The van der Waals surface area contributed by atoms with Crippen LogP contribution in [-0.4, -0.2) is 76.9 Å². The van der Waals surface area contributed by atoms with Gasteiger partial charge in [-0.1, -0.05) is 0 Å². The van der Waals surface area contributed by atoms with Gasteiger partial charge in [-0.3, -0.25) is 10.1 Å². The Hall–Kier alpha value is -0.840. The van der Waals surface area contributed by atoms with Gasteiger partial charge in [0, 0.05) is 0 Å². The Morgan fingerprint density at radius 3 is 2.50 bits per heavy atom. The molecule has 0 aliphatic carbocycles. The molecule has 1 saturated heterocycles. The van der Waals surface area contributed by atoms with Crippen molar-refractivity contribution in [2.24, 2.45) is 0 Å². The normalized spacial score (nSPS) is 36.4. The lowest BCUT2D eigenvalue weighted by Crippen LogP contribution is -2.64. The van der Waals surface area contributed by atoms with E-state index in [2.05, 4.69) is 10.6 Å². The minimum Gasteiger partial charge on any atom is -0.394 e. The first-order chi connectivity index (χ1) is 8.51. The van der Waals surface area contributed by atoms with E-state index >= 15 is 0 Å². The standard InChI is InChI=1S/C9H17FN2O6/c10-1-5(14)11-3-12-6-8(16)7(15)4(2-13)18-9(6)17/h4,6-9,12-13,15-17H,1-3H2,(H,11,14)/t4-,6-,7+,8-,9?/m1/s1. The summed E-state index contributed by atoms with van der Waals surface area (Å²) in [6.45, 7) is -1.94. The van der Waals surface area contributed by atoms with E-state index in [9.17, 15) is 24.5 Å². The number of hydrogen-bond acceptors (Lipinski definition) is 7. The number of halogens is 1. The lowest BCUT2D eigenvalue weighted by Gasteiger charge is -2.40. The Balaban J connectivity index is 2.47. The lowest BCUT2D eigenvalue weighted by atomic mass is 9.97. The number of nitrogens with one attached hydrogen (secondary N) is 2. The summed E-state index contributed by atoms with van der Waals surface area (Å²) >= 11 is 0. The molecule has 0 aromatic carbocycles. The molecular weight excluding hydrogens is 251 g/mol. The molecule has 1 aliphatic heterocycles. The molecule has 5 atom stereocenters. The van der Waals surface area contributed by atoms with Gasteiger partial charge in [0.2, 0.25) is 0 Å². The van der Waals surface area contributed by atoms with Crippen molar-refractivity contribution in [3.8, 4) is 0 Å². The minimum absolute atomic E-state index is 0.207. The Labute approximate surface area is 102 Å². The molecule has 1 amide bonds. The number of ether oxygens (including phenoxy) is 1. The second kappa shape index (κ2) is 6.92. The molecule has 1 heterocycles. The quantitative estimate of drug-likeness (QED) is 0.284. The molecule has 8 nitrogen and oxygen atoms in total. The SMILES string of the molecule is O=C(CF)NCN[C@H]1C(O)O[C@H](CO)[C@H](O)[C@@H]1O. The van der Waals surface area contributed by atoms with Crippen molar-refractivity contribution in [2.75, 3.05) is 20.0 Å². The van der Waals surface area contributed by atoms with E-state index in [0.29, 0.717) is 0 Å². The van der Waals surface area contributed by atoms with Crippen LogP contribution in [0.15, 0.2) is 0 Å². The lowest BCUT2D eigenvalue weighted by molar-refractivity contribution is -0.254. The van der Waals surface area contributed by atoms with Gasteiger partial charge in [0.1, 0.15) is 18.3 Å². The molecule has 0 bridgehead atoms. The number of aliphatic hydroxyl groups excluding tert-OH is 4. The molecule has 1 rings (SSSR count). The molecule has 6 N–H and O–H groups in total. The summed E-state index contributed by atoms with van der Waals surface area (Å²) in [7, 11) is 0. The van der Waals surface area contributed by atoms with Crippen LogP contribution in [0.5, 0.6) is 0 Å². The topological polar surface area (TPSA) is 131 Å². The highest BCUT2D eigenvalue weighted by Gasteiger charge is 2.43. The van der Waals surface area contributed by atoms with Gasteiger partial charge in [-0.05, 0) is 0 Å². The molecule has 1 fully saturated rings. The monoisotopic (exact) mass is 268 g/mol. The van der Waals surface area contributed by atoms with E-state index in [0.717, 1.165) is 0 Å². The van der Waals surface area contributed by atoms with E-state index in [4.69, 9.17) is 9.84 Å². The number of rotatable bonds is 5. The van der Waals surface area contributed by atoms with Crippen molar-refractivity contribution in [1.82, 2.24) is 10.6 Å². The van der Waals surface area contributed by atoms with Crippen LogP contribution in [0.25, 0.3) is 0 Å². The maximum atomic E-state index is 11.8. The fraction of sp³-hybridized carbons (Fsp3) is 0.889. The fourth-order valence-corrected chi connectivity index (χ4v) is 1.63. The fourth-order valence-electron chi connectivity index (χ4n) is 1.63. The van der Waals surface area contributed by atoms with Crippen LogP contribution in [0.4, 0.5) is 4.39 Å². The molecule has 1 unspecified atom stereocenters. The summed E-state index contributed by atoms with van der Waals surface area (Å²) in [4.78, 5) is 10.6. The average molecular weight is 268 g/mol. The third-order valence-corrected chi connectivity index (χ3v) is 2.64. The molecule has 0 spiro atoms. The average Bonchev–Trinajstić information content (AvgIpc) is 2.37. The van der Waals surface area contributed by atoms with Gasteiger partial charge in [-0.2, -0.15) is 0 Å². The number of alkyl halides is 1. The van der Waals surface area contributed by atoms with E-state index < -0.39 is 49.8 Å². The first-order valence-corrected chi connectivity index (χ1v) is 5.37. The molecular formula is C9H17FN2O6. The number of carbonyl (C=O) groups excluding carboxylic acids is 1. The van der Waals surface area contributed by atoms with Gasteiger partial charge < -0.3 is 30.5 Å². The molecule has 9 heteroatoms. The van der Waals surface area contributed by atoms with Gasteiger partial charge in [-0.25, -0.2) is 4.39 Å². The Kier molecular flexibility index (Phi) is 5.85. The maximum Gasteiger partial charge on any atom is 0.252 e. The van der Waals surface area contributed by atoms with Crippen molar-refractivity contribution >= 4 is 5.91 Å². The first-order valence-electron chi connectivity index (χ1n) is 5.37. The van der Waals surface area contributed by atoms with E-state index in [1.807, 2.05) is 0 Å². The summed E-state index contributed by atoms with van der Waals surface area (Å²) in [5.74, 6) is -0.850. The van der Waals surface area contributed by atoms with Crippen molar-refractivity contribution in [1.29, 1.82) is 0 Å². The number of carbonyl (C=O) groups is 1. The van der Waals surface area contributed by atoms with Crippen LogP contribution in [0.2, 0.25) is 0 Å². The van der Waals surface area contributed by atoms with Crippen molar-refractivity contribution in [2.45, 2.75) is 30.6 Å². The zero-order chi connectivity index (χ0) is 13.7. The predicted octanol–water partition coefficient (Wildman–Crippen LogP) is -3.58. The van der Waals surface area contributed by atoms with Gasteiger partial charge in [0.05, 0.1) is 19.3 Å². The van der Waals surface area contributed by atoms with Gasteiger partial charge in [-0.15, -0.1) is 0 Å². The largest absolute Gasteiger partial charge is 0.394 e. The first kappa shape index (κ1) is 15.2. The molecule has 0 aromatic heterocycles. The molecule has 106 valence electrons. The highest BCUT2D eigenvalue weighted by molar-refractivity contribution is 5.76. The van der Waals surface area contributed by atoms with Crippen molar-refractivity contribution in [3.63, 3.8) is 0 Å². The summed E-state index contributed by atoms with van der Waals surface area (Å²) in [6.07, 6.45) is -5.34. The van der Waals surface area contributed by atoms with Crippen molar-refractivity contribution in [3.05, 3.63) is 0 Å². The highest BCUT2D eigenvalue weighted by atomic mass is 19.1. The molecule has 0 saturated carbocycles. The summed E-state index contributed by atoms with van der Waals surface area (Å²) in [6, 6.07) is -1.07. The molecule has 0 aromatic rings. The Morgan fingerprint density at radius 2 is 1.94 bits per heavy atom. The highest BCUT2D eigenvalue weighted by Crippen LogP contribution is 2.19. The van der Waals surface area contributed by atoms with Gasteiger partial charge >= 0.3 is 0 Å². The van der Waals surface area contributed by atoms with Crippen LogP contribution in [0, 0.1) is 0 Å².